The smallest absolute Gasteiger partial charge is 0.176 e. The predicted octanol–water partition coefficient (Wildman–Crippen LogP) is 0.112. The van der Waals surface area contributed by atoms with Crippen LogP contribution in [-0.2, 0) is 9.84 Å². The van der Waals surface area contributed by atoms with Gasteiger partial charge in [-0.2, -0.15) is 0 Å². The molecule has 0 bridgehead atoms. The van der Waals surface area contributed by atoms with Crippen molar-refractivity contribution in [1.82, 2.24) is 0 Å². The lowest BCUT2D eigenvalue weighted by atomic mass is 10.7. The van der Waals surface area contributed by atoms with Gasteiger partial charge in [0, 0.05) is 12.4 Å². The Bertz CT molecular complexity index is 210. The molecule has 5 heteroatoms. The molecule has 0 saturated heterocycles. The molecule has 10 heavy (non-hydrogen) atoms. The van der Waals surface area contributed by atoms with Gasteiger partial charge >= 0.3 is 0 Å². The van der Waals surface area contributed by atoms with Gasteiger partial charge in [-0.1, -0.05) is 6.58 Å². The maximum Gasteiger partial charge on any atom is 0.176 e. The van der Waals surface area contributed by atoms with Crippen molar-refractivity contribution >= 4 is 21.4 Å². The zero-order valence-electron chi connectivity index (χ0n) is 5.51. The Hall–Kier alpha value is -0.0600. The number of sulfone groups is 1. The van der Waals surface area contributed by atoms with Crippen LogP contribution in [0, 0.1) is 0 Å². The Kier molecular flexibility index (Phi) is 3.93. The van der Waals surface area contributed by atoms with Crippen LogP contribution >= 0.6 is 11.6 Å². The lowest BCUT2D eigenvalue weighted by Gasteiger charge is -2.00. The van der Waals surface area contributed by atoms with Crippen molar-refractivity contribution in [2.24, 2.45) is 5.73 Å². The first kappa shape index (κ1) is 9.94. The van der Waals surface area contributed by atoms with E-state index in [1.54, 1.807) is 0 Å². The number of rotatable bonds is 4. The zero-order chi connectivity index (χ0) is 8.20. The Balaban J connectivity index is 4.27. The van der Waals surface area contributed by atoms with Crippen LogP contribution in [0.3, 0.4) is 0 Å². The van der Waals surface area contributed by atoms with Gasteiger partial charge in [-0.15, -0.1) is 11.6 Å². The summed E-state index contributed by atoms with van der Waals surface area (Å²) in [6, 6.07) is 0. The molecule has 0 radical (unpaired) electrons. The second-order valence-corrected chi connectivity index (χ2v) is 4.34. The average Bonchev–Trinajstić information content (AvgIpc) is 1.86. The molecule has 0 aromatic heterocycles. The van der Waals surface area contributed by atoms with Gasteiger partial charge in [0.05, 0.1) is 10.7 Å². The van der Waals surface area contributed by atoms with Crippen LogP contribution in [-0.4, -0.2) is 26.6 Å². The summed E-state index contributed by atoms with van der Waals surface area (Å²) in [5, 5.41) is 0. The highest BCUT2D eigenvalue weighted by atomic mass is 35.5. The van der Waals surface area contributed by atoms with Crippen LogP contribution in [0.2, 0.25) is 0 Å². The number of halogens is 1. The van der Waals surface area contributed by atoms with E-state index < -0.39 is 9.84 Å². The quantitative estimate of drug-likeness (QED) is 0.630. The Morgan fingerprint density at radius 3 is 2.40 bits per heavy atom. The van der Waals surface area contributed by atoms with Gasteiger partial charge in [-0.25, -0.2) is 8.42 Å². The highest BCUT2D eigenvalue weighted by Crippen LogP contribution is 2.02. The van der Waals surface area contributed by atoms with E-state index >= 15 is 0 Å². The Labute approximate surface area is 65.8 Å². The van der Waals surface area contributed by atoms with Crippen molar-refractivity contribution in [3.05, 3.63) is 11.5 Å². The molecule has 0 fully saturated rings. The summed E-state index contributed by atoms with van der Waals surface area (Å²) in [4.78, 5) is 0.0492. The van der Waals surface area contributed by atoms with Gasteiger partial charge in [0.1, 0.15) is 0 Å². The van der Waals surface area contributed by atoms with Crippen molar-refractivity contribution in [3.8, 4) is 0 Å². The fraction of sp³-hybridized carbons (Fsp3) is 0.600. The summed E-state index contributed by atoms with van der Waals surface area (Å²) in [5.41, 5.74) is 5.07. The van der Waals surface area contributed by atoms with Crippen LogP contribution in [0.15, 0.2) is 11.5 Å². The van der Waals surface area contributed by atoms with Crippen LogP contribution in [0.4, 0.5) is 0 Å². The molecule has 0 spiro atoms. The lowest BCUT2D eigenvalue weighted by Crippen LogP contribution is -2.16. The van der Waals surface area contributed by atoms with Crippen LogP contribution in [0.1, 0.15) is 0 Å². The van der Waals surface area contributed by atoms with Crippen molar-refractivity contribution < 1.29 is 8.42 Å². The first-order valence-corrected chi connectivity index (χ1v) is 4.90. The van der Waals surface area contributed by atoms with Gasteiger partial charge in [-0.3, -0.25) is 0 Å². The van der Waals surface area contributed by atoms with E-state index in [0.717, 1.165) is 0 Å². The maximum atomic E-state index is 10.9. The molecule has 3 nitrogen and oxygen atoms in total. The van der Waals surface area contributed by atoms with Gasteiger partial charge in [0.2, 0.25) is 0 Å². The molecular formula is C5H10ClNO2S. The third-order valence-corrected chi connectivity index (χ3v) is 3.21. The molecule has 0 rings (SSSR count). The second-order valence-electron chi connectivity index (χ2n) is 1.75. The molecule has 60 valence electrons. The second kappa shape index (κ2) is 3.95. The Morgan fingerprint density at radius 1 is 1.60 bits per heavy atom. The van der Waals surface area contributed by atoms with Crippen LogP contribution in [0.25, 0.3) is 0 Å². The number of hydrogen-bond acceptors (Lipinski definition) is 3. The summed E-state index contributed by atoms with van der Waals surface area (Å²) in [5.74, 6) is 0.00590. The molecule has 0 unspecified atom stereocenters. The van der Waals surface area contributed by atoms with Crippen LogP contribution in [0.5, 0.6) is 0 Å². The van der Waals surface area contributed by atoms with E-state index in [4.69, 9.17) is 17.3 Å². The molecule has 0 aliphatic heterocycles. The molecule has 0 amide bonds. The number of nitrogens with two attached hydrogens (primary N) is 1. The number of hydrogen-bond donors (Lipinski definition) is 1. The molecule has 0 saturated carbocycles. The van der Waals surface area contributed by atoms with Gasteiger partial charge in [-0.05, 0) is 0 Å². The van der Waals surface area contributed by atoms with E-state index in [9.17, 15) is 8.42 Å². The molecule has 0 heterocycles. The van der Waals surface area contributed by atoms with E-state index in [0.29, 0.717) is 0 Å². The third-order valence-electron chi connectivity index (χ3n) is 1.01. The van der Waals surface area contributed by atoms with Gasteiger partial charge in [0.25, 0.3) is 0 Å². The molecule has 0 aromatic rings. The SMILES string of the molecule is C=C(CN)S(=O)(=O)CCCl. The maximum absolute atomic E-state index is 10.9. The minimum atomic E-state index is -3.21. The molecular weight excluding hydrogens is 174 g/mol. The predicted molar refractivity (Wildman–Crippen MR) is 42.7 cm³/mol. The molecule has 0 aliphatic rings. The summed E-state index contributed by atoms with van der Waals surface area (Å²) in [6.45, 7) is 3.26. The first-order valence-electron chi connectivity index (χ1n) is 2.71. The minimum absolute atomic E-state index is 0.0285. The van der Waals surface area contributed by atoms with Crippen molar-refractivity contribution in [2.45, 2.75) is 0 Å². The van der Waals surface area contributed by atoms with E-state index in [2.05, 4.69) is 6.58 Å². The van der Waals surface area contributed by atoms with E-state index in [1.165, 1.54) is 0 Å². The Morgan fingerprint density at radius 2 is 2.10 bits per heavy atom. The molecule has 0 atom stereocenters. The highest BCUT2D eigenvalue weighted by Gasteiger charge is 2.12. The topological polar surface area (TPSA) is 60.2 Å². The molecule has 0 aliphatic carbocycles. The average molecular weight is 184 g/mol. The van der Waals surface area contributed by atoms with Crippen molar-refractivity contribution in [1.29, 1.82) is 0 Å². The van der Waals surface area contributed by atoms with Gasteiger partial charge < -0.3 is 5.73 Å². The number of alkyl halides is 1. The first-order chi connectivity index (χ1) is 4.54. The van der Waals surface area contributed by atoms with E-state index in [-0.39, 0.29) is 23.1 Å². The minimum Gasteiger partial charge on any atom is -0.326 e. The van der Waals surface area contributed by atoms with Crippen molar-refractivity contribution in [3.63, 3.8) is 0 Å². The normalized spacial score (nSPS) is 11.4. The summed E-state index contributed by atoms with van der Waals surface area (Å²) < 4.78 is 21.8. The molecule has 0 aromatic carbocycles. The molecule has 2 N–H and O–H groups in total. The standard InChI is InChI=1S/C5H10ClNO2S/c1-5(4-7)10(8,9)3-2-6/h1-4,7H2. The van der Waals surface area contributed by atoms with Crippen molar-refractivity contribution in [2.75, 3.05) is 18.2 Å². The summed E-state index contributed by atoms with van der Waals surface area (Å²) in [6.07, 6.45) is 0. The highest BCUT2D eigenvalue weighted by molar-refractivity contribution is 7.95. The van der Waals surface area contributed by atoms with E-state index in [1.807, 2.05) is 0 Å². The monoisotopic (exact) mass is 183 g/mol. The summed E-state index contributed by atoms with van der Waals surface area (Å²) >= 11 is 5.23. The fourth-order valence-electron chi connectivity index (χ4n) is 0.373. The largest absolute Gasteiger partial charge is 0.326 e. The lowest BCUT2D eigenvalue weighted by molar-refractivity contribution is 0.603. The zero-order valence-corrected chi connectivity index (χ0v) is 7.08. The fourth-order valence-corrected chi connectivity index (χ4v) is 1.73. The summed E-state index contributed by atoms with van der Waals surface area (Å²) in [7, 11) is -3.21. The van der Waals surface area contributed by atoms with Crippen LogP contribution < -0.4 is 5.73 Å². The third kappa shape index (κ3) is 2.68. The van der Waals surface area contributed by atoms with Gasteiger partial charge in [0.15, 0.2) is 9.84 Å².